The second-order valence-corrected chi connectivity index (χ2v) is 8.78. The molecule has 1 aliphatic rings. The van der Waals surface area contributed by atoms with Gasteiger partial charge >= 0.3 is 12.1 Å². The average Bonchev–Trinajstić information content (AvgIpc) is 2.91. The number of rotatable bonds is 10. The number of benzene rings is 2. The smallest absolute Gasteiger partial charge is 0.408 e. The Morgan fingerprint density at radius 1 is 1.00 bits per heavy atom. The summed E-state index contributed by atoms with van der Waals surface area (Å²) in [6.45, 7) is 8.34. The van der Waals surface area contributed by atoms with Gasteiger partial charge in [0.15, 0.2) is 6.10 Å². The van der Waals surface area contributed by atoms with Crippen LogP contribution in [0.3, 0.4) is 0 Å². The summed E-state index contributed by atoms with van der Waals surface area (Å²) in [6, 6.07) is 15.8. The first-order valence-corrected chi connectivity index (χ1v) is 12.3. The number of morpholine rings is 1. The zero-order valence-corrected chi connectivity index (χ0v) is 21.1. The van der Waals surface area contributed by atoms with Gasteiger partial charge in [-0.2, -0.15) is 0 Å². The molecule has 0 aromatic heterocycles. The average molecular weight is 498 g/mol. The standard InChI is InChI=1S/C27H35N3O6/c1-4-19(2)24(29-27(33)35-18-21-8-6-5-7-9-21)26(32)36-20(3)25(31)28-22-10-12-23(13-11-22)30-14-16-34-17-15-30/h5-13,19-20,24H,4,14-18H2,1-3H3,(H,28,31)(H,29,33)/t19-,20+,24+/m0/s1. The van der Waals surface area contributed by atoms with Crippen LogP contribution in [-0.4, -0.2) is 56.4 Å². The summed E-state index contributed by atoms with van der Waals surface area (Å²) in [6.07, 6.45) is -1.15. The molecule has 3 rings (SSSR count). The van der Waals surface area contributed by atoms with Crippen molar-refractivity contribution in [2.45, 2.75) is 45.9 Å². The first-order chi connectivity index (χ1) is 17.4. The van der Waals surface area contributed by atoms with E-state index in [1.807, 2.05) is 68.4 Å². The molecule has 3 atom stereocenters. The van der Waals surface area contributed by atoms with Crippen molar-refractivity contribution in [2.75, 3.05) is 36.5 Å². The third kappa shape index (κ3) is 7.98. The van der Waals surface area contributed by atoms with Crippen LogP contribution >= 0.6 is 0 Å². The van der Waals surface area contributed by atoms with Gasteiger partial charge in [-0.15, -0.1) is 0 Å². The van der Waals surface area contributed by atoms with Gasteiger partial charge in [0.25, 0.3) is 5.91 Å². The molecule has 2 aromatic carbocycles. The Hall–Kier alpha value is -3.59. The monoisotopic (exact) mass is 497 g/mol. The molecule has 2 amide bonds. The number of anilines is 2. The lowest BCUT2D eigenvalue weighted by molar-refractivity contribution is -0.156. The van der Waals surface area contributed by atoms with E-state index in [0.29, 0.717) is 25.3 Å². The molecule has 2 N–H and O–H groups in total. The van der Waals surface area contributed by atoms with E-state index in [4.69, 9.17) is 14.2 Å². The normalized spacial score (nSPS) is 15.8. The largest absolute Gasteiger partial charge is 0.451 e. The highest BCUT2D eigenvalue weighted by molar-refractivity contribution is 5.95. The number of esters is 1. The topological polar surface area (TPSA) is 106 Å². The molecule has 0 unspecified atom stereocenters. The van der Waals surface area contributed by atoms with Crippen LogP contribution in [0.1, 0.15) is 32.8 Å². The van der Waals surface area contributed by atoms with E-state index in [2.05, 4.69) is 15.5 Å². The molecule has 9 nitrogen and oxygen atoms in total. The maximum absolute atomic E-state index is 12.9. The summed E-state index contributed by atoms with van der Waals surface area (Å²) in [4.78, 5) is 40.0. The zero-order valence-electron chi connectivity index (χ0n) is 21.1. The van der Waals surface area contributed by atoms with E-state index in [-0.39, 0.29) is 12.5 Å². The Balaban J connectivity index is 1.51. The molecule has 1 aliphatic heterocycles. The quantitative estimate of drug-likeness (QED) is 0.482. The van der Waals surface area contributed by atoms with E-state index in [1.165, 1.54) is 6.92 Å². The van der Waals surface area contributed by atoms with E-state index >= 15 is 0 Å². The van der Waals surface area contributed by atoms with Crippen LogP contribution in [0.2, 0.25) is 0 Å². The highest BCUT2D eigenvalue weighted by atomic mass is 16.6. The Labute approximate surface area is 212 Å². The van der Waals surface area contributed by atoms with Crippen LogP contribution in [0.5, 0.6) is 0 Å². The summed E-state index contributed by atoms with van der Waals surface area (Å²) in [7, 11) is 0. The maximum atomic E-state index is 12.9. The van der Waals surface area contributed by atoms with E-state index < -0.39 is 30.1 Å². The zero-order chi connectivity index (χ0) is 25.9. The van der Waals surface area contributed by atoms with Crippen LogP contribution in [0, 0.1) is 5.92 Å². The number of alkyl carbamates (subject to hydrolysis) is 1. The fourth-order valence-corrected chi connectivity index (χ4v) is 3.68. The van der Waals surface area contributed by atoms with Crippen LogP contribution in [-0.2, 0) is 30.4 Å². The number of carbonyl (C=O) groups is 3. The lowest BCUT2D eigenvalue weighted by atomic mass is 9.99. The van der Waals surface area contributed by atoms with Gasteiger partial charge in [0, 0.05) is 24.5 Å². The molecule has 9 heteroatoms. The molecule has 0 spiro atoms. The van der Waals surface area contributed by atoms with Crippen molar-refractivity contribution in [3.8, 4) is 0 Å². The molecular weight excluding hydrogens is 462 g/mol. The second-order valence-electron chi connectivity index (χ2n) is 8.78. The van der Waals surface area contributed by atoms with Crippen LogP contribution in [0.4, 0.5) is 16.2 Å². The maximum Gasteiger partial charge on any atom is 0.408 e. The molecular formula is C27H35N3O6. The van der Waals surface area contributed by atoms with E-state index in [9.17, 15) is 14.4 Å². The molecule has 0 bridgehead atoms. The minimum atomic E-state index is -1.05. The summed E-state index contributed by atoms with van der Waals surface area (Å²) >= 11 is 0. The number of nitrogens with zero attached hydrogens (tertiary/aromatic N) is 1. The fraction of sp³-hybridized carbons (Fsp3) is 0.444. The molecule has 36 heavy (non-hydrogen) atoms. The van der Waals surface area contributed by atoms with Gasteiger partial charge in [0.1, 0.15) is 12.6 Å². The molecule has 194 valence electrons. The van der Waals surface area contributed by atoms with Crippen molar-refractivity contribution in [3.63, 3.8) is 0 Å². The van der Waals surface area contributed by atoms with Crippen molar-refractivity contribution >= 4 is 29.3 Å². The number of nitrogens with one attached hydrogen (secondary N) is 2. The molecule has 0 saturated carbocycles. The highest BCUT2D eigenvalue weighted by Gasteiger charge is 2.30. The third-order valence-corrected chi connectivity index (χ3v) is 6.13. The number of hydrogen-bond donors (Lipinski definition) is 2. The van der Waals surface area contributed by atoms with Gasteiger partial charge < -0.3 is 29.7 Å². The van der Waals surface area contributed by atoms with Gasteiger partial charge in [-0.1, -0.05) is 50.6 Å². The van der Waals surface area contributed by atoms with Gasteiger partial charge in [0.05, 0.1) is 13.2 Å². The molecule has 1 saturated heterocycles. The molecule has 0 radical (unpaired) electrons. The fourth-order valence-electron chi connectivity index (χ4n) is 3.68. The van der Waals surface area contributed by atoms with Gasteiger partial charge in [-0.05, 0) is 42.7 Å². The second kappa shape index (κ2) is 13.5. The molecule has 1 heterocycles. The summed E-state index contributed by atoms with van der Waals surface area (Å²) in [5.74, 6) is -1.37. The van der Waals surface area contributed by atoms with Crippen molar-refractivity contribution in [3.05, 3.63) is 60.2 Å². The number of ether oxygens (including phenoxy) is 3. The van der Waals surface area contributed by atoms with Crippen molar-refractivity contribution in [1.29, 1.82) is 0 Å². The van der Waals surface area contributed by atoms with E-state index in [1.54, 1.807) is 0 Å². The van der Waals surface area contributed by atoms with Gasteiger partial charge in [0.2, 0.25) is 0 Å². The molecule has 0 aliphatic carbocycles. The highest BCUT2D eigenvalue weighted by Crippen LogP contribution is 2.19. The first-order valence-electron chi connectivity index (χ1n) is 12.3. The van der Waals surface area contributed by atoms with Crippen LogP contribution < -0.4 is 15.5 Å². The Morgan fingerprint density at radius 3 is 2.31 bits per heavy atom. The van der Waals surface area contributed by atoms with Crippen molar-refractivity contribution < 1.29 is 28.6 Å². The summed E-state index contributed by atoms with van der Waals surface area (Å²) < 4.78 is 16.0. The van der Waals surface area contributed by atoms with Crippen molar-refractivity contribution in [1.82, 2.24) is 5.32 Å². The lowest BCUT2D eigenvalue weighted by Gasteiger charge is -2.29. The number of carbonyl (C=O) groups excluding carboxylic acids is 3. The van der Waals surface area contributed by atoms with Crippen LogP contribution in [0.25, 0.3) is 0 Å². The first kappa shape index (κ1) is 27.0. The van der Waals surface area contributed by atoms with Gasteiger partial charge in [-0.25, -0.2) is 9.59 Å². The number of amides is 2. The number of hydrogen-bond acceptors (Lipinski definition) is 7. The Kier molecular flexibility index (Phi) is 10.1. The minimum absolute atomic E-state index is 0.0814. The summed E-state index contributed by atoms with van der Waals surface area (Å²) in [5, 5.41) is 5.36. The Morgan fingerprint density at radius 2 is 1.67 bits per heavy atom. The van der Waals surface area contributed by atoms with Gasteiger partial charge in [-0.3, -0.25) is 4.79 Å². The summed E-state index contributed by atoms with van der Waals surface area (Å²) in [5.41, 5.74) is 2.48. The Bertz CT molecular complexity index is 992. The third-order valence-electron chi connectivity index (χ3n) is 6.13. The van der Waals surface area contributed by atoms with Crippen LogP contribution in [0.15, 0.2) is 54.6 Å². The van der Waals surface area contributed by atoms with E-state index in [0.717, 1.165) is 24.3 Å². The lowest BCUT2D eigenvalue weighted by Crippen LogP contribution is -2.47. The predicted octanol–water partition coefficient (Wildman–Crippen LogP) is 3.73. The molecule has 1 fully saturated rings. The minimum Gasteiger partial charge on any atom is -0.451 e. The molecule has 2 aromatic rings. The SMILES string of the molecule is CC[C@H](C)[C@@H](NC(=O)OCc1ccccc1)C(=O)O[C@H](C)C(=O)Nc1ccc(N2CCOCC2)cc1. The predicted molar refractivity (Wildman–Crippen MR) is 137 cm³/mol. The van der Waals surface area contributed by atoms with Crippen molar-refractivity contribution in [2.24, 2.45) is 5.92 Å².